The number of hydrogen-bond donors (Lipinski definition) is 1. The zero-order valence-corrected chi connectivity index (χ0v) is 11.2. The van der Waals surface area contributed by atoms with E-state index in [0.717, 1.165) is 10.7 Å². The maximum atomic E-state index is 10.7. The maximum absolute atomic E-state index is 10.7. The van der Waals surface area contributed by atoms with E-state index >= 15 is 0 Å². The molecule has 6 heteroatoms. The van der Waals surface area contributed by atoms with Gasteiger partial charge in [0.15, 0.2) is 0 Å². The van der Waals surface area contributed by atoms with Crippen LogP contribution in [0.4, 0.5) is 0 Å². The second kappa shape index (κ2) is 6.68. The number of carboxylic acids is 1. The fourth-order valence-electron chi connectivity index (χ4n) is 1.42. The van der Waals surface area contributed by atoms with Crippen molar-refractivity contribution in [2.24, 2.45) is 0 Å². The second-order valence-corrected chi connectivity index (χ2v) is 5.13. The summed E-state index contributed by atoms with van der Waals surface area (Å²) in [6, 6.07) is 0. The van der Waals surface area contributed by atoms with Crippen molar-refractivity contribution in [3.63, 3.8) is 0 Å². The zero-order valence-electron chi connectivity index (χ0n) is 10.4. The summed E-state index contributed by atoms with van der Waals surface area (Å²) >= 11 is 1.62. The molecular weight excluding hydrogens is 240 g/mol. The van der Waals surface area contributed by atoms with Gasteiger partial charge in [-0.25, -0.2) is 4.98 Å². The Morgan fingerprint density at radius 3 is 2.71 bits per heavy atom. The summed E-state index contributed by atoms with van der Waals surface area (Å²) in [5.41, 5.74) is 1.02. The van der Waals surface area contributed by atoms with Crippen LogP contribution in [0.1, 0.15) is 15.6 Å². The van der Waals surface area contributed by atoms with Crippen molar-refractivity contribution in [3.8, 4) is 0 Å². The molecule has 96 valence electrons. The lowest BCUT2D eigenvalue weighted by atomic mass is 10.4. The molecule has 0 saturated carbocycles. The van der Waals surface area contributed by atoms with Crippen LogP contribution < -0.4 is 0 Å². The minimum Gasteiger partial charge on any atom is -0.480 e. The normalized spacial score (nSPS) is 11.1. The van der Waals surface area contributed by atoms with Crippen LogP contribution in [0, 0.1) is 13.8 Å². The van der Waals surface area contributed by atoms with E-state index in [4.69, 9.17) is 9.84 Å². The first-order chi connectivity index (χ1) is 8.02. The SMILES string of the molecule is COCCN(CC(=O)O)Cc1nc(C)c(C)s1. The van der Waals surface area contributed by atoms with Crippen LogP contribution in [0.5, 0.6) is 0 Å². The molecule has 17 heavy (non-hydrogen) atoms. The molecule has 1 aromatic rings. The third-order valence-corrected chi connectivity index (χ3v) is 3.46. The van der Waals surface area contributed by atoms with Gasteiger partial charge in [-0.1, -0.05) is 0 Å². The Morgan fingerprint density at radius 1 is 1.53 bits per heavy atom. The highest BCUT2D eigenvalue weighted by Crippen LogP contribution is 2.17. The Bertz CT molecular complexity index is 359. The van der Waals surface area contributed by atoms with Crippen molar-refractivity contribution in [1.82, 2.24) is 9.88 Å². The van der Waals surface area contributed by atoms with Crippen LogP contribution in [-0.4, -0.2) is 47.8 Å². The van der Waals surface area contributed by atoms with E-state index in [9.17, 15) is 4.79 Å². The number of thiazole rings is 1. The Labute approximate surface area is 105 Å². The lowest BCUT2D eigenvalue weighted by Gasteiger charge is -2.18. The average Bonchev–Trinajstić information content (AvgIpc) is 2.54. The van der Waals surface area contributed by atoms with Crippen LogP contribution in [0.25, 0.3) is 0 Å². The van der Waals surface area contributed by atoms with Gasteiger partial charge in [-0.15, -0.1) is 11.3 Å². The summed E-state index contributed by atoms with van der Waals surface area (Å²) in [6.07, 6.45) is 0. The third-order valence-electron chi connectivity index (χ3n) is 2.40. The van der Waals surface area contributed by atoms with Gasteiger partial charge >= 0.3 is 5.97 Å². The quantitative estimate of drug-likeness (QED) is 0.798. The van der Waals surface area contributed by atoms with Gasteiger partial charge in [-0.2, -0.15) is 0 Å². The van der Waals surface area contributed by atoms with Gasteiger partial charge in [0.05, 0.1) is 25.4 Å². The van der Waals surface area contributed by atoms with Crippen molar-refractivity contribution in [1.29, 1.82) is 0 Å². The number of methoxy groups -OCH3 is 1. The monoisotopic (exact) mass is 258 g/mol. The van der Waals surface area contributed by atoms with Crippen LogP contribution in [0.2, 0.25) is 0 Å². The van der Waals surface area contributed by atoms with Crippen molar-refractivity contribution >= 4 is 17.3 Å². The largest absolute Gasteiger partial charge is 0.480 e. The Kier molecular flexibility index (Phi) is 5.54. The number of rotatable bonds is 7. The molecule has 0 aliphatic heterocycles. The highest BCUT2D eigenvalue weighted by molar-refractivity contribution is 7.11. The van der Waals surface area contributed by atoms with E-state index in [2.05, 4.69) is 4.98 Å². The summed E-state index contributed by atoms with van der Waals surface area (Å²) in [5.74, 6) is -0.828. The first-order valence-electron chi connectivity index (χ1n) is 5.39. The van der Waals surface area contributed by atoms with Crippen molar-refractivity contribution in [2.75, 3.05) is 26.8 Å². The van der Waals surface area contributed by atoms with Gasteiger partial charge in [-0.05, 0) is 13.8 Å². The molecule has 0 aromatic carbocycles. The smallest absolute Gasteiger partial charge is 0.317 e. The minimum absolute atomic E-state index is 0.0149. The molecule has 0 unspecified atom stereocenters. The van der Waals surface area contributed by atoms with E-state index in [0.29, 0.717) is 19.7 Å². The Hall–Kier alpha value is -0.980. The van der Waals surface area contributed by atoms with Crippen molar-refractivity contribution in [3.05, 3.63) is 15.6 Å². The summed E-state index contributed by atoms with van der Waals surface area (Å²) in [7, 11) is 1.61. The fourth-order valence-corrected chi connectivity index (χ4v) is 2.40. The zero-order chi connectivity index (χ0) is 12.8. The molecule has 1 N–H and O–H groups in total. The highest BCUT2D eigenvalue weighted by Gasteiger charge is 2.13. The second-order valence-electron chi connectivity index (χ2n) is 3.85. The third kappa shape index (κ3) is 4.80. The van der Waals surface area contributed by atoms with Crippen molar-refractivity contribution in [2.45, 2.75) is 20.4 Å². The van der Waals surface area contributed by atoms with Gasteiger partial charge in [0, 0.05) is 18.5 Å². The average molecular weight is 258 g/mol. The molecule has 0 amide bonds. The number of aromatic nitrogens is 1. The lowest BCUT2D eigenvalue weighted by Crippen LogP contribution is -2.32. The molecule has 0 atom stereocenters. The molecule has 0 saturated heterocycles. The summed E-state index contributed by atoms with van der Waals surface area (Å²) < 4.78 is 4.97. The number of ether oxygens (including phenoxy) is 1. The first-order valence-corrected chi connectivity index (χ1v) is 6.20. The number of aryl methyl sites for hydroxylation is 2. The first kappa shape index (κ1) is 14.1. The van der Waals surface area contributed by atoms with E-state index in [-0.39, 0.29) is 6.54 Å². The Balaban J connectivity index is 2.60. The molecule has 1 aromatic heterocycles. The van der Waals surface area contributed by atoms with Crippen LogP contribution in [0.15, 0.2) is 0 Å². The molecule has 0 aliphatic rings. The summed E-state index contributed by atoms with van der Waals surface area (Å²) in [6.45, 7) is 5.69. The van der Waals surface area contributed by atoms with Gasteiger partial charge in [0.25, 0.3) is 0 Å². The predicted octanol–water partition coefficient (Wildman–Crippen LogP) is 1.29. The van der Waals surface area contributed by atoms with Crippen LogP contribution in [-0.2, 0) is 16.1 Å². The molecule has 0 fully saturated rings. The molecule has 5 nitrogen and oxygen atoms in total. The topological polar surface area (TPSA) is 62.7 Å². The lowest BCUT2D eigenvalue weighted by molar-refractivity contribution is -0.138. The number of carbonyl (C=O) groups is 1. The van der Waals surface area contributed by atoms with Crippen LogP contribution >= 0.6 is 11.3 Å². The van der Waals surface area contributed by atoms with Crippen LogP contribution in [0.3, 0.4) is 0 Å². The fraction of sp³-hybridized carbons (Fsp3) is 0.636. The minimum atomic E-state index is -0.828. The standard InChI is InChI=1S/C11H18N2O3S/c1-8-9(2)17-10(12-8)6-13(4-5-16-3)7-11(14)15/h4-7H2,1-3H3,(H,14,15). The summed E-state index contributed by atoms with van der Waals surface area (Å²) in [5, 5.41) is 9.78. The predicted molar refractivity (Wildman–Crippen MR) is 66.4 cm³/mol. The van der Waals surface area contributed by atoms with Gasteiger partial charge < -0.3 is 9.84 Å². The molecule has 0 radical (unpaired) electrons. The van der Waals surface area contributed by atoms with Gasteiger partial charge in [-0.3, -0.25) is 9.69 Å². The van der Waals surface area contributed by atoms with Gasteiger partial charge in [0.2, 0.25) is 0 Å². The number of aliphatic carboxylic acids is 1. The molecule has 0 spiro atoms. The number of nitrogens with zero attached hydrogens (tertiary/aromatic N) is 2. The molecular formula is C11H18N2O3S. The van der Waals surface area contributed by atoms with E-state index < -0.39 is 5.97 Å². The number of hydrogen-bond acceptors (Lipinski definition) is 5. The highest BCUT2D eigenvalue weighted by atomic mass is 32.1. The Morgan fingerprint density at radius 2 is 2.24 bits per heavy atom. The van der Waals surface area contributed by atoms with E-state index in [1.807, 2.05) is 18.7 Å². The molecule has 0 bridgehead atoms. The van der Waals surface area contributed by atoms with E-state index in [1.54, 1.807) is 18.4 Å². The maximum Gasteiger partial charge on any atom is 0.317 e. The van der Waals surface area contributed by atoms with Crippen molar-refractivity contribution < 1.29 is 14.6 Å². The number of carboxylic acid groups (broad SMARTS) is 1. The summed E-state index contributed by atoms with van der Waals surface area (Å²) in [4.78, 5) is 18.1. The molecule has 0 aliphatic carbocycles. The van der Waals surface area contributed by atoms with E-state index in [1.165, 1.54) is 4.88 Å². The molecule has 1 heterocycles. The molecule has 1 rings (SSSR count). The van der Waals surface area contributed by atoms with Gasteiger partial charge in [0.1, 0.15) is 5.01 Å².